The van der Waals surface area contributed by atoms with E-state index in [1.165, 1.54) is 6.07 Å². The minimum atomic E-state index is -0.296. The first-order chi connectivity index (χ1) is 18.5. The highest BCUT2D eigenvalue weighted by Gasteiger charge is 2.43. The number of nitrogens with zero attached hydrogens (tertiary/aromatic N) is 1. The van der Waals surface area contributed by atoms with Gasteiger partial charge in [-0.2, -0.15) is 0 Å². The van der Waals surface area contributed by atoms with E-state index in [1.807, 2.05) is 60.7 Å². The molecular weight excluding hydrogens is 501 g/mol. The lowest BCUT2D eigenvalue weighted by atomic mass is 9.83. The Hall–Kier alpha value is -4.26. The number of hydrogen-bond acceptors (Lipinski definition) is 4. The molecule has 0 spiro atoms. The fourth-order valence-corrected chi connectivity index (χ4v) is 5.76. The van der Waals surface area contributed by atoms with Crippen molar-refractivity contribution < 1.29 is 13.9 Å². The van der Waals surface area contributed by atoms with E-state index in [0.717, 1.165) is 44.2 Å². The van der Waals surface area contributed by atoms with E-state index in [1.54, 1.807) is 18.3 Å². The van der Waals surface area contributed by atoms with Crippen LogP contribution in [-0.4, -0.2) is 10.9 Å². The number of amides is 1. The molecule has 2 bridgehead atoms. The van der Waals surface area contributed by atoms with Crippen LogP contribution in [0.25, 0.3) is 21.9 Å². The first-order valence-electron chi connectivity index (χ1n) is 12.3. The van der Waals surface area contributed by atoms with Gasteiger partial charge in [0.1, 0.15) is 23.8 Å². The van der Waals surface area contributed by atoms with Crippen LogP contribution in [-0.2, 0) is 11.3 Å². The van der Waals surface area contributed by atoms with Crippen LogP contribution in [0, 0.1) is 5.82 Å². The van der Waals surface area contributed by atoms with Gasteiger partial charge in [-0.3, -0.25) is 4.79 Å². The number of halogens is 2. The molecule has 0 saturated heterocycles. The number of ether oxygens (including phenoxy) is 1. The Kier molecular flexibility index (Phi) is 5.21. The summed E-state index contributed by atoms with van der Waals surface area (Å²) in [6, 6.07) is 23.9. The third kappa shape index (κ3) is 3.56. The molecule has 186 valence electrons. The van der Waals surface area contributed by atoms with Gasteiger partial charge in [-0.25, -0.2) is 9.37 Å². The third-order valence-corrected chi connectivity index (χ3v) is 7.78. The largest absolute Gasteiger partial charge is 0.383 e. The Bertz CT molecular complexity index is 1790. The Balaban J connectivity index is 1.15. The molecule has 2 aliphatic rings. The van der Waals surface area contributed by atoms with Gasteiger partial charge in [-0.1, -0.05) is 48.0 Å². The summed E-state index contributed by atoms with van der Waals surface area (Å²) in [4.78, 5) is 17.2. The normalized spacial score (nSPS) is 16.9. The Morgan fingerprint density at radius 3 is 2.55 bits per heavy atom. The van der Waals surface area contributed by atoms with Gasteiger partial charge in [-0.15, -0.1) is 0 Å². The number of fused-ring (bicyclic) bond motifs is 9. The molecule has 3 heterocycles. The summed E-state index contributed by atoms with van der Waals surface area (Å²) >= 11 is 6.47. The summed E-state index contributed by atoms with van der Waals surface area (Å²) in [5, 5.41) is 5.20. The first kappa shape index (κ1) is 22.9. The SMILES string of the molecule is Nc1nccc2cc(Cl)c(CNC(=O)c3ccc4c(c3)[C@@H]3O[C@H]4c4ccc(-c5ccccc5F)cc43)cc12. The van der Waals surface area contributed by atoms with Crippen molar-refractivity contribution >= 4 is 34.1 Å². The van der Waals surface area contributed by atoms with Crippen LogP contribution in [0.1, 0.15) is 50.4 Å². The number of aromatic nitrogens is 1. The van der Waals surface area contributed by atoms with E-state index in [2.05, 4.69) is 10.3 Å². The molecule has 0 radical (unpaired) electrons. The number of rotatable bonds is 4. The van der Waals surface area contributed by atoms with Gasteiger partial charge in [0.2, 0.25) is 0 Å². The minimum Gasteiger partial charge on any atom is -0.383 e. The molecule has 2 aliphatic heterocycles. The molecule has 2 atom stereocenters. The molecule has 4 aromatic carbocycles. The number of anilines is 1. The Morgan fingerprint density at radius 1 is 0.947 bits per heavy atom. The standard InChI is InChI=1S/C31H21ClFN3O2/c32-26-14-17-9-10-35-30(34)23(17)13-19(26)15-36-31(37)18-6-8-22-25(12-18)29-24-11-16(5-7-21(24)28(22)38-29)20-3-1-2-4-27(20)33/h1-14,28-29H,15H2,(H2,34,35)(H,36,37)/t28-,29+/m0/s1. The van der Waals surface area contributed by atoms with Crippen molar-refractivity contribution in [2.45, 2.75) is 18.8 Å². The molecule has 0 fully saturated rings. The molecule has 1 amide bonds. The average molecular weight is 522 g/mol. The van der Waals surface area contributed by atoms with Crippen LogP contribution in [0.3, 0.4) is 0 Å². The minimum absolute atomic E-state index is 0.188. The lowest BCUT2D eigenvalue weighted by Crippen LogP contribution is -2.23. The van der Waals surface area contributed by atoms with Gasteiger partial charge in [0, 0.05) is 34.3 Å². The predicted molar refractivity (Wildman–Crippen MR) is 145 cm³/mol. The summed E-state index contributed by atoms with van der Waals surface area (Å²) in [7, 11) is 0. The fraction of sp³-hybridized carbons (Fsp3) is 0.0968. The van der Waals surface area contributed by atoms with Gasteiger partial charge in [0.05, 0.1) is 0 Å². The van der Waals surface area contributed by atoms with Crippen molar-refractivity contribution in [3.63, 3.8) is 0 Å². The molecule has 5 nitrogen and oxygen atoms in total. The van der Waals surface area contributed by atoms with Gasteiger partial charge in [0.15, 0.2) is 0 Å². The second-order valence-electron chi connectivity index (χ2n) is 9.61. The van der Waals surface area contributed by atoms with Crippen molar-refractivity contribution in [1.29, 1.82) is 0 Å². The van der Waals surface area contributed by atoms with Crippen molar-refractivity contribution in [2.75, 3.05) is 5.73 Å². The molecule has 7 rings (SSSR count). The number of carbonyl (C=O) groups is 1. The number of hydrogen-bond donors (Lipinski definition) is 2. The summed E-state index contributed by atoms with van der Waals surface area (Å²) in [5.41, 5.74) is 12.8. The maximum atomic E-state index is 14.4. The van der Waals surface area contributed by atoms with E-state index in [4.69, 9.17) is 22.1 Å². The predicted octanol–water partition coefficient (Wildman–Crippen LogP) is 6.73. The molecule has 38 heavy (non-hydrogen) atoms. The molecule has 0 aliphatic carbocycles. The monoisotopic (exact) mass is 521 g/mol. The zero-order valence-corrected chi connectivity index (χ0v) is 20.8. The number of nitrogens with two attached hydrogens (primary N) is 1. The molecule has 3 N–H and O–H groups in total. The second kappa shape index (κ2) is 8.65. The van der Waals surface area contributed by atoms with Crippen LogP contribution in [0.5, 0.6) is 0 Å². The highest BCUT2D eigenvalue weighted by atomic mass is 35.5. The van der Waals surface area contributed by atoms with Crippen LogP contribution in [0.2, 0.25) is 5.02 Å². The smallest absolute Gasteiger partial charge is 0.251 e. The topological polar surface area (TPSA) is 77.2 Å². The van der Waals surface area contributed by atoms with E-state index in [-0.39, 0.29) is 30.5 Å². The maximum absolute atomic E-state index is 14.4. The van der Waals surface area contributed by atoms with E-state index < -0.39 is 0 Å². The maximum Gasteiger partial charge on any atom is 0.251 e. The second-order valence-corrected chi connectivity index (χ2v) is 10.0. The van der Waals surface area contributed by atoms with Crippen molar-refractivity contribution in [1.82, 2.24) is 10.3 Å². The van der Waals surface area contributed by atoms with Crippen LogP contribution in [0.15, 0.2) is 85.1 Å². The van der Waals surface area contributed by atoms with Crippen molar-refractivity contribution in [2.24, 2.45) is 0 Å². The average Bonchev–Trinajstić information content (AvgIpc) is 3.49. The number of nitrogens with one attached hydrogen (secondary N) is 1. The lowest BCUT2D eigenvalue weighted by Gasteiger charge is -2.18. The molecule has 5 aromatic rings. The number of carbonyl (C=O) groups excluding carboxylic acids is 1. The molecule has 0 unspecified atom stereocenters. The summed E-state index contributed by atoms with van der Waals surface area (Å²) in [6.07, 6.45) is 1.15. The third-order valence-electron chi connectivity index (χ3n) is 7.42. The molecule has 0 saturated carbocycles. The van der Waals surface area contributed by atoms with Gasteiger partial charge in [0.25, 0.3) is 5.91 Å². The van der Waals surface area contributed by atoms with Gasteiger partial charge >= 0.3 is 0 Å². The Morgan fingerprint density at radius 2 is 1.71 bits per heavy atom. The zero-order valence-electron chi connectivity index (χ0n) is 20.0. The fourth-order valence-electron chi connectivity index (χ4n) is 5.52. The van der Waals surface area contributed by atoms with Crippen molar-refractivity contribution in [3.05, 3.63) is 129 Å². The number of pyridine rings is 1. The molecule has 7 heteroatoms. The van der Waals surface area contributed by atoms with E-state index in [0.29, 0.717) is 22.0 Å². The van der Waals surface area contributed by atoms with Crippen LogP contribution >= 0.6 is 11.6 Å². The lowest BCUT2D eigenvalue weighted by molar-refractivity contribution is 0.0857. The highest BCUT2D eigenvalue weighted by molar-refractivity contribution is 6.32. The van der Waals surface area contributed by atoms with Crippen LogP contribution in [0.4, 0.5) is 10.2 Å². The van der Waals surface area contributed by atoms with Gasteiger partial charge < -0.3 is 15.8 Å². The van der Waals surface area contributed by atoms with Crippen molar-refractivity contribution in [3.8, 4) is 11.1 Å². The summed E-state index contributed by atoms with van der Waals surface area (Å²) in [6.45, 7) is 0.246. The first-order valence-corrected chi connectivity index (χ1v) is 12.6. The molecule has 1 aromatic heterocycles. The van der Waals surface area contributed by atoms with Gasteiger partial charge in [-0.05, 0) is 81.2 Å². The number of benzene rings is 4. The number of nitrogen functional groups attached to an aromatic ring is 1. The zero-order chi connectivity index (χ0) is 26.0. The highest BCUT2D eigenvalue weighted by Crippen LogP contribution is 2.54. The van der Waals surface area contributed by atoms with E-state index >= 15 is 0 Å². The molecular formula is C31H21ClFN3O2. The Labute approximate surface area is 223 Å². The summed E-state index contributed by atoms with van der Waals surface area (Å²) in [5.74, 6) is -0.0635. The summed E-state index contributed by atoms with van der Waals surface area (Å²) < 4.78 is 20.7. The quantitative estimate of drug-likeness (QED) is 0.275. The van der Waals surface area contributed by atoms with Crippen LogP contribution < -0.4 is 11.1 Å². The van der Waals surface area contributed by atoms with E-state index in [9.17, 15) is 9.18 Å².